The predicted molar refractivity (Wildman–Crippen MR) is 149 cm³/mol. The largest absolute Gasteiger partial charge is 0.302 e. The summed E-state index contributed by atoms with van der Waals surface area (Å²) in [5, 5.41) is 5.17. The molecule has 0 unspecified atom stereocenters. The van der Waals surface area contributed by atoms with E-state index in [4.69, 9.17) is 0 Å². The minimum absolute atomic E-state index is 0.0562. The standard InChI is InChI=1S/C32H17N3O2/c36-31-20-11-3-1-9-18(20)22-17-23-19-10-2-4-12-21(19)32(37)35-27-16-8-6-14-25(27)33-24-13-5-7-15-26(24)34(31)28(22)30(33)29(23)35/h1-17H. The lowest BCUT2D eigenvalue weighted by molar-refractivity contribution is 0.986. The molecule has 2 aromatic heterocycles. The summed E-state index contributed by atoms with van der Waals surface area (Å²) in [6.45, 7) is 0. The Morgan fingerprint density at radius 2 is 0.784 bits per heavy atom. The van der Waals surface area contributed by atoms with Crippen LogP contribution in [0.1, 0.15) is 0 Å². The highest BCUT2D eigenvalue weighted by atomic mass is 16.1. The van der Waals surface area contributed by atoms with Gasteiger partial charge in [0.2, 0.25) is 0 Å². The minimum Gasteiger partial charge on any atom is -0.302 e. The summed E-state index contributed by atoms with van der Waals surface area (Å²) in [6.07, 6.45) is 0. The van der Waals surface area contributed by atoms with Gasteiger partial charge in [0.25, 0.3) is 11.1 Å². The Hall–Kier alpha value is -5.16. The molecule has 0 spiro atoms. The number of hydrogen-bond donors (Lipinski definition) is 0. The van der Waals surface area contributed by atoms with Gasteiger partial charge in [-0.15, -0.1) is 0 Å². The molecular formula is C32H17N3O2. The van der Waals surface area contributed by atoms with E-state index < -0.39 is 0 Å². The average molecular weight is 476 g/mol. The zero-order valence-electron chi connectivity index (χ0n) is 19.5. The maximum absolute atomic E-state index is 14.1. The van der Waals surface area contributed by atoms with E-state index >= 15 is 0 Å². The van der Waals surface area contributed by atoms with Crippen LogP contribution in [0.3, 0.4) is 0 Å². The molecule has 0 amide bonds. The predicted octanol–water partition coefficient (Wildman–Crippen LogP) is 6.70. The molecule has 0 saturated heterocycles. The molecule has 0 saturated carbocycles. The second-order valence-electron chi connectivity index (χ2n) is 9.70. The van der Waals surface area contributed by atoms with Gasteiger partial charge < -0.3 is 4.90 Å². The first-order valence-electron chi connectivity index (χ1n) is 12.3. The summed E-state index contributed by atoms with van der Waals surface area (Å²) in [5.41, 5.74) is 5.92. The van der Waals surface area contributed by atoms with Crippen LogP contribution >= 0.6 is 0 Å². The van der Waals surface area contributed by atoms with Crippen molar-refractivity contribution in [2.24, 2.45) is 0 Å². The quantitative estimate of drug-likeness (QED) is 0.181. The van der Waals surface area contributed by atoms with E-state index in [1.165, 1.54) is 0 Å². The van der Waals surface area contributed by atoms with Gasteiger partial charge in [0, 0.05) is 21.5 Å². The molecule has 4 heterocycles. The smallest absolute Gasteiger partial charge is 0.263 e. The Bertz CT molecular complexity index is 2150. The zero-order valence-corrected chi connectivity index (χ0v) is 19.5. The highest BCUT2D eigenvalue weighted by Gasteiger charge is 2.36. The second kappa shape index (κ2) is 6.33. The van der Waals surface area contributed by atoms with Gasteiger partial charge in [0.05, 0.1) is 39.5 Å². The van der Waals surface area contributed by atoms with Crippen LogP contribution in [0.5, 0.6) is 0 Å². The van der Waals surface area contributed by atoms with Crippen LogP contribution in [0.2, 0.25) is 0 Å². The third-order valence-electron chi connectivity index (χ3n) is 7.95. The topological polar surface area (TPSA) is 47.2 Å². The lowest BCUT2D eigenvalue weighted by Gasteiger charge is -2.39. The third kappa shape index (κ3) is 2.09. The van der Waals surface area contributed by atoms with E-state index in [-0.39, 0.29) is 11.1 Å². The Morgan fingerprint density at radius 3 is 1.24 bits per heavy atom. The summed E-state index contributed by atoms with van der Waals surface area (Å²) < 4.78 is 3.69. The number of nitrogens with zero attached hydrogens (tertiary/aromatic N) is 3. The molecule has 0 fully saturated rings. The maximum atomic E-state index is 14.1. The fourth-order valence-corrected chi connectivity index (χ4v) is 6.49. The monoisotopic (exact) mass is 475 g/mol. The lowest BCUT2D eigenvalue weighted by atomic mass is 9.94. The number of aromatic nitrogens is 2. The van der Waals surface area contributed by atoms with Crippen molar-refractivity contribution < 1.29 is 0 Å². The molecular weight excluding hydrogens is 458 g/mol. The Kier molecular flexibility index (Phi) is 3.27. The van der Waals surface area contributed by atoms with Crippen LogP contribution in [-0.4, -0.2) is 9.13 Å². The van der Waals surface area contributed by atoms with E-state index in [1.54, 1.807) is 0 Å². The van der Waals surface area contributed by atoms with Gasteiger partial charge in [-0.1, -0.05) is 60.7 Å². The molecule has 5 aromatic carbocycles. The Balaban J connectivity index is 1.72. The number of anilines is 3. The fraction of sp³-hybridized carbons (Fsp3) is 0. The van der Waals surface area contributed by atoms with Crippen LogP contribution in [0.25, 0.3) is 54.7 Å². The molecule has 0 atom stereocenters. The molecule has 0 bridgehead atoms. The first-order valence-corrected chi connectivity index (χ1v) is 12.3. The first kappa shape index (κ1) is 19.1. The molecule has 37 heavy (non-hydrogen) atoms. The van der Waals surface area contributed by atoms with Gasteiger partial charge in [0.15, 0.2) is 0 Å². The van der Waals surface area contributed by atoms with Gasteiger partial charge in [0.1, 0.15) is 0 Å². The molecule has 5 heteroatoms. The normalized spacial score (nSPS) is 13.0. The van der Waals surface area contributed by atoms with E-state index in [2.05, 4.69) is 23.1 Å². The van der Waals surface area contributed by atoms with Crippen LogP contribution in [0.4, 0.5) is 17.1 Å². The number of pyridine rings is 2. The summed E-state index contributed by atoms with van der Waals surface area (Å²) in [7, 11) is 0. The molecule has 0 aliphatic carbocycles. The Morgan fingerprint density at radius 1 is 0.405 bits per heavy atom. The molecule has 172 valence electrons. The van der Waals surface area contributed by atoms with Crippen molar-refractivity contribution in [2.45, 2.75) is 0 Å². The van der Waals surface area contributed by atoms with Crippen molar-refractivity contribution in [3.05, 3.63) is 124 Å². The van der Waals surface area contributed by atoms with Crippen LogP contribution < -0.4 is 16.0 Å². The van der Waals surface area contributed by atoms with Gasteiger partial charge in [-0.3, -0.25) is 18.7 Å². The second-order valence-corrected chi connectivity index (χ2v) is 9.70. The van der Waals surface area contributed by atoms with Crippen molar-refractivity contribution in [1.82, 2.24) is 9.13 Å². The lowest BCUT2D eigenvalue weighted by Crippen LogP contribution is -2.32. The SMILES string of the molecule is O=c1c2ccccc2c2cc3c4ccccc4c(=O)n4c3c3c2n1-c1ccccc1N3c1ccccc1-4. The van der Waals surface area contributed by atoms with Crippen LogP contribution in [0, 0.1) is 0 Å². The van der Waals surface area contributed by atoms with Crippen molar-refractivity contribution >= 4 is 60.4 Å². The Labute approximate surface area is 209 Å². The summed E-state index contributed by atoms with van der Waals surface area (Å²) in [5.74, 6) is 0. The van der Waals surface area contributed by atoms with Crippen molar-refractivity contribution in [1.29, 1.82) is 0 Å². The maximum Gasteiger partial charge on any atom is 0.263 e. The third-order valence-corrected chi connectivity index (χ3v) is 7.95. The fourth-order valence-electron chi connectivity index (χ4n) is 6.49. The van der Waals surface area contributed by atoms with Crippen LogP contribution in [-0.2, 0) is 0 Å². The molecule has 2 aliphatic heterocycles. The molecule has 7 aromatic rings. The molecule has 0 radical (unpaired) electrons. The minimum atomic E-state index is -0.0562. The van der Waals surface area contributed by atoms with Crippen molar-refractivity contribution in [3.8, 4) is 11.4 Å². The number of rotatable bonds is 0. The van der Waals surface area contributed by atoms with Gasteiger partial charge >= 0.3 is 0 Å². The number of fused-ring (bicyclic) bond motifs is 10. The molecule has 5 nitrogen and oxygen atoms in total. The number of hydrogen-bond acceptors (Lipinski definition) is 3. The van der Waals surface area contributed by atoms with Crippen LogP contribution in [0.15, 0.2) is 113 Å². The van der Waals surface area contributed by atoms with Gasteiger partial charge in [-0.05, 0) is 53.2 Å². The highest BCUT2D eigenvalue weighted by molar-refractivity contribution is 6.26. The van der Waals surface area contributed by atoms with E-state index in [0.29, 0.717) is 10.8 Å². The molecule has 0 N–H and O–H groups in total. The molecule has 2 aliphatic rings. The zero-order chi connectivity index (χ0) is 24.4. The van der Waals surface area contributed by atoms with E-state index in [0.717, 1.165) is 61.0 Å². The number of benzene rings is 5. The average Bonchev–Trinajstić information content (AvgIpc) is 2.96. The first-order chi connectivity index (χ1) is 18.2. The highest BCUT2D eigenvalue weighted by Crippen LogP contribution is 2.54. The van der Waals surface area contributed by atoms with Gasteiger partial charge in [-0.2, -0.15) is 0 Å². The van der Waals surface area contributed by atoms with E-state index in [9.17, 15) is 9.59 Å². The molecule has 9 rings (SSSR count). The summed E-state index contributed by atoms with van der Waals surface area (Å²) >= 11 is 0. The van der Waals surface area contributed by atoms with Crippen molar-refractivity contribution in [2.75, 3.05) is 4.90 Å². The van der Waals surface area contributed by atoms with Crippen molar-refractivity contribution in [3.63, 3.8) is 0 Å². The summed E-state index contributed by atoms with van der Waals surface area (Å²) in [4.78, 5) is 30.4. The number of para-hydroxylation sites is 4. The summed E-state index contributed by atoms with van der Waals surface area (Å²) in [6, 6.07) is 33.9. The van der Waals surface area contributed by atoms with Gasteiger partial charge in [-0.25, -0.2) is 0 Å². The van der Waals surface area contributed by atoms with E-state index in [1.807, 2.05) is 94.1 Å².